The molecule has 0 spiro atoms. The number of anilines is 1. The molecule has 1 atom stereocenters. The summed E-state index contributed by atoms with van der Waals surface area (Å²) in [6.45, 7) is 10.8. The fourth-order valence-electron chi connectivity index (χ4n) is 5.05. The van der Waals surface area contributed by atoms with Crippen molar-refractivity contribution in [2.24, 2.45) is 0 Å². The Morgan fingerprint density at radius 1 is 1.03 bits per heavy atom. The normalized spacial score (nSPS) is 14.2. The summed E-state index contributed by atoms with van der Waals surface area (Å²) in [5.74, 6) is -1.25. The van der Waals surface area contributed by atoms with Crippen molar-refractivity contribution in [3.05, 3.63) is 64.5 Å². The van der Waals surface area contributed by atoms with Gasteiger partial charge in [0.2, 0.25) is 10.0 Å². The van der Waals surface area contributed by atoms with Crippen LogP contribution in [0, 0.1) is 20.8 Å². The number of aromatic hydroxyl groups is 1. The molecule has 8 nitrogen and oxygen atoms in total. The zero-order valence-corrected chi connectivity index (χ0v) is 22.9. The van der Waals surface area contributed by atoms with E-state index in [9.17, 15) is 23.4 Å². The Kier molecular flexibility index (Phi) is 6.58. The highest BCUT2D eigenvalue weighted by molar-refractivity contribution is 7.92. The Morgan fingerprint density at radius 2 is 1.65 bits per heavy atom. The van der Waals surface area contributed by atoms with Crippen molar-refractivity contribution in [3.8, 4) is 28.0 Å². The van der Waals surface area contributed by atoms with E-state index in [0.717, 1.165) is 17.4 Å². The standard InChI is InChI=1S/C28H32N2O6S/c1-15-8-10-18(11-9-15)21-16(2)22-24-19(12-29-13-20(24)31)14-30(37(7,34)35)25(22)17(3)23(21)26(27(32)33)36-28(4,5)6/h8-13,26,31H,14H2,1-7H3,(H,32,33)/t26-/m0/s1. The molecule has 2 heterocycles. The number of carboxylic acid groups (broad SMARTS) is 1. The minimum absolute atomic E-state index is 0.0377. The third kappa shape index (κ3) is 4.81. The van der Waals surface area contributed by atoms with Crippen molar-refractivity contribution in [1.82, 2.24) is 4.98 Å². The van der Waals surface area contributed by atoms with Gasteiger partial charge in [0.15, 0.2) is 6.10 Å². The second kappa shape index (κ2) is 9.15. The molecule has 0 aliphatic carbocycles. The summed E-state index contributed by atoms with van der Waals surface area (Å²) in [7, 11) is -3.78. The fraction of sp³-hybridized carbons (Fsp3) is 0.357. The SMILES string of the molecule is Cc1ccc(-c2c(C)c3c(c(C)c2[C@H](OC(C)(C)C)C(=O)O)N(S(C)(=O)=O)Cc2cncc(O)c2-3)cc1. The number of rotatable bonds is 5. The number of hydrogen-bond donors (Lipinski definition) is 2. The van der Waals surface area contributed by atoms with Gasteiger partial charge in [-0.15, -0.1) is 0 Å². The van der Waals surface area contributed by atoms with Crippen LogP contribution in [0.1, 0.15) is 54.7 Å². The Bertz CT molecular complexity index is 1510. The number of hydrogen-bond acceptors (Lipinski definition) is 6. The zero-order valence-electron chi connectivity index (χ0n) is 22.1. The molecule has 0 radical (unpaired) electrons. The van der Waals surface area contributed by atoms with Gasteiger partial charge in [-0.2, -0.15) is 0 Å². The number of fused-ring (bicyclic) bond motifs is 3. The Hall–Kier alpha value is -3.43. The van der Waals surface area contributed by atoms with Crippen molar-refractivity contribution in [2.75, 3.05) is 10.6 Å². The number of benzene rings is 2. The minimum atomic E-state index is -3.78. The molecule has 196 valence electrons. The Balaban J connectivity index is 2.23. The zero-order chi connectivity index (χ0) is 27.4. The first-order chi connectivity index (χ1) is 17.1. The molecule has 3 aromatic rings. The molecule has 0 fully saturated rings. The highest BCUT2D eigenvalue weighted by Crippen LogP contribution is 2.53. The van der Waals surface area contributed by atoms with Gasteiger partial charge in [0, 0.05) is 28.5 Å². The van der Waals surface area contributed by atoms with Crippen LogP contribution in [0.25, 0.3) is 22.3 Å². The summed E-state index contributed by atoms with van der Waals surface area (Å²) in [6.07, 6.45) is 2.62. The molecule has 1 aliphatic heterocycles. The molecule has 0 unspecified atom stereocenters. The van der Waals surface area contributed by atoms with E-state index < -0.39 is 27.7 Å². The maximum atomic E-state index is 13.0. The van der Waals surface area contributed by atoms with Crippen LogP contribution in [0.15, 0.2) is 36.7 Å². The second-order valence-electron chi connectivity index (χ2n) is 10.5. The fourth-order valence-corrected chi connectivity index (χ4v) is 5.98. The van der Waals surface area contributed by atoms with E-state index in [1.807, 2.05) is 38.1 Å². The van der Waals surface area contributed by atoms with Gasteiger partial charge in [-0.05, 0) is 63.8 Å². The predicted molar refractivity (Wildman–Crippen MR) is 143 cm³/mol. The van der Waals surface area contributed by atoms with Gasteiger partial charge in [0.25, 0.3) is 0 Å². The molecule has 9 heteroatoms. The van der Waals surface area contributed by atoms with Crippen molar-refractivity contribution >= 4 is 21.7 Å². The lowest BCUT2D eigenvalue weighted by molar-refractivity contribution is -0.160. The average molecular weight is 525 g/mol. The van der Waals surface area contributed by atoms with Gasteiger partial charge in [-0.1, -0.05) is 29.8 Å². The molecule has 4 rings (SSSR count). The molecule has 0 bridgehead atoms. The smallest absolute Gasteiger partial charge is 0.337 e. The number of carbonyl (C=O) groups is 1. The quantitative estimate of drug-likeness (QED) is 0.467. The van der Waals surface area contributed by atoms with Crippen LogP contribution in [0.3, 0.4) is 0 Å². The summed E-state index contributed by atoms with van der Waals surface area (Å²) in [5.41, 5.74) is 5.04. The maximum Gasteiger partial charge on any atom is 0.337 e. The molecule has 1 aromatic heterocycles. The molecule has 1 aliphatic rings. The average Bonchev–Trinajstić information content (AvgIpc) is 2.78. The number of carboxylic acids is 1. The first-order valence-corrected chi connectivity index (χ1v) is 13.7. The third-order valence-electron chi connectivity index (χ3n) is 6.53. The Morgan fingerprint density at radius 3 is 2.19 bits per heavy atom. The number of pyridine rings is 1. The monoisotopic (exact) mass is 524 g/mol. The number of aliphatic carboxylic acids is 1. The number of aryl methyl sites for hydroxylation is 1. The van der Waals surface area contributed by atoms with E-state index in [-0.39, 0.29) is 12.3 Å². The first-order valence-electron chi connectivity index (χ1n) is 11.9. The van der Waals surface area contributed by atoms with Crippen LogP contribution in [0.5, 0.6) is 5.75 Å². The lowest BCUT2D eigenvalue weighted by atomic mass is 9.80. The third-order valence-corrected chi connectivity index (χ3v) is 7.64. The van der Waals surface area contributed by atoms with Gasteiger partial charge in [0.05, 0.1) is 30.3 Å². The molecular formula is C28H32N2O6S. The van der Waals surface area contributed by atoms with Crippen molar-refractivity contribution in [2.45, 2.75) is 59.8 Å². The predicted octanol–water partition coefficient (Wildman–Crippen LogP) is 5.27. The van der Waals surface area contributed by atoms with Gasteiger partial charge in [0.1, 0.15) is 5.75 Å². The van der Waals surface area contributed by atoms with Crippen LogP contribution >= 0.6 is 0 Å². The Labute approximate surface area is 217 Å². The largest absolute Gasteiger partial charge is 0.506 e. The summed E-state index contributed by atoms with van der Waals surface area (Å²) < 4.78 is 33.4. The van der Waals surface area contributed by atoms with Crippen LogP contribution in [-0.2, 0) is 26.1 Å². The molecule has 0 amide bonds. The van der Waals surface area contributed by atoms with Gasteiger partial charge in [-0.25, -0.2) is 13.2 Å². The van der Waals surface area contributed by atoms with Crippen LogP contribution in [-0.4, -0.2) is 41.4 Å². The van der Waals surface area contributed by atoms with Gasteiger partial charge >= 0.3 is 5.97 Å². The lowest BCUT2D eigenvalue weighted by Gasteiger charge is -2.37. The lowest BCUT2D eigenvalue weighted by Crippen LogP contribution is -2.34. The van der Waals surface area contributed by atoms with E-state index >= 15 is 0 Å². The molecular weight excluding hydrogens is 492 g/mol. The summed E-state index contributed by atoms with van der Waals surface area (Å²) in [6, 6.07) is 7.69. The van der Waals surface area contributed by atoms with Crippen molar-refractivity contribution in [1.29, 1.82) is 0 Å². The van der Waals surface area contributed by atoms with Gasteiger partial charge < -0.3 is 14.9 Å². The maximum absolute atomic E-state index is 13.0. The van der Waals surface area contributed by atoms with Gasteiger partial charge in [-0.3, -0.25) is 9.29 Å². The van der Waals surface area contributed by atoms with Crippen LogP contribution in [0.2, 0.25) is 0 Å². The number of aromatic nitrogens is 1. The van der Waals surface area contributed by atoms with E-state index in [0.29, 0.717) is 44.6 Å². The van der Waals surface area contributed by atoms with Crippen molar-refractivity contribution in [3.63, 3.8) is 0 Å². The van der Waals surface area contributed by atoms with E-state index in [4.69, 9.17) is 4.74 Å². The summed E-state index contributed by atoms with van der Waals surface area (Å²) >= 11 is 0. The topological polar surface area (TPSA) is 117 Å². The first kappa shape index (κ1) is 26.6. The molecule has 37 heavy (non-hydrogen) atoms. The van der Waals surface area contributed by atoms with E-state index in [1.54, 1.807) is 33.9 Å². The van der Waals surface area contributed by atoms with Crippen molar-refractivity contribution < 1.29 is 28.2 Å². The molecule has 2 aromatic carbocycles. The number of nitrogens with zero attached hydrogens (tertiary/aromatic N) is 2. The molecule has 0 saturated heterocycles. The molecule has 0 saturated carbocycles. The van der Waals surface area contributed by atoms with Crippen LogP contribution < -0.4 is 4.31 Å². The highest BCUT2D eigenvalue weighted by Gasteiger charge is 2.39. The summed E-state index contributed by atoms with van der Waals surface area (Å²) in [5, 5.41) is 21.2. The second-order valence-corrected chi connectivity index (χ2v) is 12.4. The van der Waals surface area contributed by atoms with E-state index in [2.05, 4.69) is 4.98 Å². The number of sulfonamides is 1. The van der Waals surface area contributed by atoms with Crippen LogP contribution in [0.4, 0.5) is 5.69 Å². The summed E-state index contributed by atoms with van der Waals surface area (Å²) in [4.78, 5) is 16.7. The highest BCUT2D eigenvalue weighted by atomic mass is 32.2. The van der Waals surface area contributed by atoms with E-state index in [1.165, 1.54) is 10.5 Å². The minimum Gasteiger partial charge on any atom is -0.506 e. The number of ether oxygens (including phenoxy) is 1. The molecule has 2 N–H and O–H groups in total.